The zero-order valence-electron chi connectivity index (χ0n) is 61.9. The predicted molar refractivity (Wildman–Crippen MR) is 415 cm³/mol. The number of hydrogen-bond donors (Lipinski definition) is 31. The fraction of sp³-hybridized carbons (Fsp3) is 0.545. The smallest absolute Gasteiger partial charge is 0.305 e. The number of benzene rings is 2. The fourth-order valence-electron chi connectivity index (χ4n) is 11.5. The summed E-state index contributed by atoms with van der Waals surface area (Å²) in [5.41, 5.74) is 40.4. The minimum absolute atomic E-state index is 0.00716. The number of carbonyl (C=O) groups excluding carboxylic acids is 12. The number of nitrogens with one attached hydrogen (secondary N) is 20. The molecule has 2 aliphatic rings. The molecule has 0 saturated carbocycles. The average molecular weight is 1630 g/mol. The maximum absolute atomic E-state index is 14.9. The largest absolute Gasteiger partial charge is 0.508 e. The first kappa shape index (κ1) is 93.5. The minimum atomic E-state index is -2.08. The molecule has 4 rings (SSSR count). The summed E-state index contributed by atoms with van der Waals surface area (Å²) in [4.78, 5) is 187. The van der Waals surface area contributed by atoms with Gasteiger partial charge in [-0.05, 0) is 112 Å². The van der Waals surface area contributed by atoms with Crippen LogP contribution in [0.1, 0.15) is 94.6 Å². The van der Waals surface area contributed by atoms with Crippen LogP contribution in [-0.4, -0.2) is 262 Å². The van der Waals surface area contributed by atoms with Crippen LogP contribution < -0.4 is 120 Å². The van der Waals surface area contributed by atoms with Crippen LogP contribution in [-0.2, 0) is 75.2 Å². The van der Waals surface area contributed by atoms with E-state index in [0.29, 0.717) is 5.56 Å². The summed E-state index contributed by atoms with van der Waals surface area (Å²) >= 11 is 0. The quantitative estimate of drug-likeness (QED) is 0.0163. The van der Waals surface area contributed by atoms with Gasteiger partial charge in [0.25, 0.3) is 0 Å². The highest BCUT2D eigenvalue weighted by molar-refractivity contribution is 8.76. The third kappa shape index (κ3) is 34.9. The highest BCUT2D eigenvalue weighted by Crippen LogP contribution is 2.24. The van der Waals surface area contributed by atoms with Crippen molar-refractivity contribution < 1.29 is 82.8 Å². The average Bonchev–Trinajstić information content (AvgIpc) is 1.63. The number of nitrogens with two attached hydrogens (primary N) is 7. The first-order valence-corrected chi connectivity index (χ1v) is 38.5. The van der Waals surface area contributed by atoms with E-state index in [1.54, 1.807) is 0 Å². The van der Waals surface area contributed by atoms with Crippen molar-refractivity contribution in [2.24, 2.45) is 40.1 Å². The van der Waals surface area contributed by atoms with E-state index in [1.165, 1.54) is 48.5 Å². The monoisotopic (exact) mass is 1630 g/mol. The van der Waals surface area contributed by atoms with Gasteiger partial charge in [-0.1, -0.05) is 45.9 Å². The lowest BCUT2D eigenvalue weighted by Crippen LogP contribution is -2.61. The Hall–Kier alpha value is -11.9. The lowest BCUT2D eigenvalue weighted by Gasteiger charge is -2.30. The number of aromatic hydroxyl groups is 2. The van der Waals surface area contributed by atoms with Gasteiger partial charge in [-0.2, -0.15) is 0 Å². The number of aliphatic hydroxyl groups excluding tert-OH is 1. The Morgan fingerprint density at radius 2 is 0.726 bits per heavy atom. The number of carboxylic acid groups (broad SMARTS) is 1. The molecule has 624 valence electrons. The van der Waals surface area contributed by atoms with E-state index in [4.69, 9.17) is 67.2 Å². The highest BCUT2D eigenvalue weighted by Gasteiger charge is 2.41. The second-order valence-corrected chi connectivity index (χ2v) is 28.9. The molecule has 38 N–H and O–H groups in total. The molecule has 0 radical (unpaired) electrons. The van der Waals surface area contributed by atoms with Crippen LogP contribution in [0.4, 0.5) is 0 Å². The van der Waals surface area contributed by atoms with Gasteiger partial charge in [-0.25, -0.2) is 0 Å². The molecule has 45 nitrogen and oxygen atoms in total. The van der Waals surface area contributed by atoms with Crippen LogP contribution in [0.5, 0.6) is 11.5 Å². The lowest BCUT2D eigenvalue weighted by atomic mass is 10.0. The Morgan fingerprint density at radius 1 is 0.425 bits per heavy atom. The van der Waals surface area contributed by atoms with Gasteiger partial charge >= 0.3 is 5.97 Å². The van der Waals surface area contributed by atoms with Gasteiger partial charge in [0.05, 0.1) is 19.1 Å². The Kier molecular flexibility index (Phi) is 40.3. The van der Waals surface area contributed by atoms with Crippen LogP contribution in [0, 0.1) is 27.0 Å². The number of guanidine groups is 5. The summed E-state index contributed by atoms with van der Waals surface area (Å²) in [5.74, 6) is -17.6. The van der Waals surface area contributed by atoms with Gasteiger partial charge < -0.3 is 145 Å². The zero-order valence-corrected chi connectivity index (χ0v) is 63.6. The molecular weight excluding hydrogens is 1520 g/mol. The molecule has 113 heavy (non-hydrogen) atoms. The summed E-state index contributed by atoms with van der Waals surface area (Å²) in [6.45, 7) is -1.49. The van der Waals surface area contributed by atoms with Crippen molar-refractivity contribution in [1.82, 2.24) is 84.7 Å². The van der Waals surface area contributed by atoms with Gasteiger partial charge in [0.15, 0.2) is 29.8 Å². The first-order valence-electron chi connectivity index (χ1n) is 36.0. The number of carbonyl (C=O) groups is 13. The molecule has 12 amide bonds. The highest BCUT2D eigenvalue weighted by atomic mass is 33.1. The van der Waals surface area contributed by atoms with Crippen molar-refractivity contribution in [3.8, 4) is 11.5 Å². The molecule has 2 saturated heterocycles. The van der Waals surface area contributed by atoms with Crippen molar-refractivity contribution in [2.75, 3.05) is 57.4 Å². The maximum Gasteiger partial charge on any atom is 0.305 e. The van der Waals surface area contributed by atoms with Crippen molar-refractivity contribution in [2.45, 2.75) is 169 Å². The second-order valence-electron chi connectivity index (χ2n) is 26.3. The molecule has 0 bridgehead atoms. The number of phenolic OH excluding ortho intramolecular Hbond substituents is 2. The van der Waals surface area contributed by atoms with Crippen molar-refractivity contribution in [1.29, 1.82) is 27.0 Å². The SMILES string of the molecule is N=C(N)NCCC[C@@H]1NC(=O)[C@H](CCCNC(=N)N)NC(=O)[C@H](CCCNC(=N)N)NC(=O)[C@H](CCCNC(=N)N)NC(=O)[C@H](CC(=O)O)NC(=O)[C@H](Cc2ccc(O)cc2)NC(=O)[C@@H]2CCCN2C(=O)[C@H](CO)NC(=O)[C@H](CCCNC(=N)N)NC(=O)[C@@H](N)CSSC[C@@H](C(N)=O)NC(=O)[C@H](Cc2ccc(O)cc2)NC1=O. The number of phenols is 2. The van der Waals surface area contributed by atoms with Crippen LogP contribution >= 0.6 is 21.6 Å². The standard InChI is InChI=1S/C66H106N28O17S2/c67-37-31-112-113-32-47(50(68)100)93-58(108)43(27-33-13-17-35(96)18-14-33)89-55(105)42(11-5-25-83-66(77)78)87-53(103)40(9-3-23-81-64(73)74)85-52(102)39(8-2-22-80-63(71)72)86-54(104)41(10-4-24-82-65(75)76)88-59(109)45(29-49(98)99)90-57(107)44(28-34-15-19-36(97)20-16-34)91-60(110)48-12-6-26-94(48)61(111)46(30-95)92-56(106)38(84-51(37)101)7-1-21-79-62(69)70/h13-20,37-48,95-97H,1-12,21-32,67H2,(H2,68,100)(H,84,101)(H,85,102)(H,86,104)(H,87,103)(H,88,109)(H,89,105)(H,90,107)(H,91,110)(H,92,106)(H,93,108)(H,98,99)(H4,69,70,79)(H4,71,72,80)(H4,73,74,81)(H4,75,76,82)(H4,77,78,83)/t37-,38-,39-,40-,41-,42-,43-,44-,45-,46-,47-,48-/m0/s1. The van der Waals surface area contributed by atoms with E-state index in [1.807, 2.05) is 0 Å². The molecule has 2 aliphatic heterocycles. The maximum atomic E-state index is 14.9. The Labute approximate surface area is 657 Å². The molecule has 0 aliphatic carbocycles. The van der Waals surface area contributed by atoms with Crippen molar-refractivity contribution in [3.05, 3.63) is 59.7 Å². The number of hydrogen-bond acceptors (Lipinski definition) is 24. The van der Waals surface area contributed by atoms with Crippen LogP contribution in [0.25, 0.3) is 0 Å². The van der Waals surface area contributed by atoms with E-state index in [0.717, 1.165) is 26.5 Å². The minimum Gasteiger partial charge on any atom is -0.508 e. The normalized spacial score (nSPS) is 23.4. The molecule has 2 aromatic rings. The van der Waals surface area contributed by atoms with Crippen molar-refractivity contribution in [3.63, 3.8) is 0 Å². The number of primary amides is 1. The van der Waals surface area contributed by atoms with E-state index in [9.17, 15) is 82.8 Å². The Bertz CT molecular complexity index is 3660. The summed E-state index contributed by atoms with van der Waals surface area (Å²) in [6, 6.07) is -9.00. The molecule has 0 aromatic heterocycles. The number of fused-ring (bicyclic) bond motifs is 1. The van der Waals surface area contributed by atoms with Crippen LogP contribution in [0.2, 0.25) is 0 Å². The molecule has 2 heterocycles. The fourth-order valence-corrected chi connectivity index (χ4v) is 13.7. The molecule has 47 heteroatoms. The lowest BCUT2D eigenvalue weighted by molar-refractivity contribution is -0.143. The van der Waals surface area contributed by atoms with E-state index in [-0.39, 0.29) is 151 Å². The summed E-state index contributed by atoms with van der Waals surface area (Å²) in [6.07, 6.45) is -3.34. The molecule has 0 spiro atoms. The molecule has 2 fully saturated rings. The van der Waals surface area contributed by atoms with Gasteiger partial charge in [-0.15, -0.1) is 0 Å². The van der Waals surface area contributed by atoms with Crippen molar-refractivity contribution >= 4 is 128 Å². The molecule has 0 unspecified atom stereocenters. The van der Waals surface area contributed by atoms with Gasteiger partial charge in [0.1, 0.15) is 78.0 Å². The Morgan fingerprint density at radius 3 is 1.07 bits per heavy atom. The zero-order chi connectivity index (χ0) is 83.9. The number of rotatable bonds is 28. The van der Waals surface area contributed by atoms with Gasteiger partial charge in [0, 0.05) is 63.6 Å². The molecular formula is C66H106N28O17S2. The van der Waals surface area contributed by atoms with E-state index >= 15 is 0 Å². The number of aliphatic carboxylic acids is 1. The number of nitrogens with zero attached hydrogens (tertiary/aromatic N) is 1. The van der Waals surface area contributed by atoms with E-state index < -0.39 is 199 Å². The molecule has 12 atom stereocenters. The Balaban J connectivity index is 1.92. The first-order chi connectivity index (χ1) is 53.5. The summed E-state index contributed by atoms with van der Waals surface area (Å²) in [5, 5.41) is 118. The van der Waals surface area contributed by atoms with E-state index in [2.05, 4.69) is 79.8 Å². The summed E-state index contributed by atoms with van der Waals surface area (Å²) < 4.78 is 0. The second kappa shape index (κ2) is 48.7. The van der Waals surface area contributed by atoms with Crippen LogP contribution in [0.3, 0.4) is 0 Å². The third-order valence-electron chi connectivity index (χ3n) is 17.3. The topological polar surface area (TPSA) is 788 Å². The third-order valence-corrected chi connectivity index (χ3v) is 19.8. The molecule has 2 aromatic carbocycles. The predicted octanol–water partition coefficient (Wildman–Crippen LogP) is -9.29. The number of aliphatic hydroxyl groups is 1. The number of amides is 12. The number of carboxylic acids is 1. The van der Waals surface area contributed by atoms with Crippen LogP contribution in [0.15, 0.2) is 48.5 Å². The van der Waals surface area contributed by atoms with Gasteiger partial charge in [0.2, 0.25) is 70.9 Å². The summed E-state index contributed by atoms with van der Waals surface area (Å²) in [7, 11) is 1.85. The van der Waals surface area contributed by atoms with Gasteiger partial charge in [-0.3, -0.25) is 89.4 Å².